The van der Waals surface area contributed by atoms with Gasteiger partial charge in [0.05, 0.1) is 13.3 Å². The molecule has 2 rings (SSSR count). The number of phenolic OH excluding ortho intramolecular Hbond substituents is 1. The molecule has 0 aliphatic rings. The van der Waals surface area contributed by atoms with Crippen molar-refractivity contribution in [3.63, 3.8) is 0 Å². The zero-order valence-electron chi connectivity index (χ0n) is 13.3. The number of rotatable bonds is 6. The summed E-state index contributed by atoms with van der Waals surface area (Å²) < 4.78 is 17.7. The van der Waals surface area contributed by atoms with Gasteiger partial charge in [0.1, 0.15) is 12.2 Å². The third-order valence-corrected chi connectivity index (χ3v) is 3.09. The molecular weight excluding hydrogens is 329 g/mol. The Morgan fingerprint density at radius 2 is 1.92 bits per heavy atom. The summed E-state index contributed by atoms with van der Waals surface area (Å²) in [7, 11) is 1.41. The summed E-state index contributed by atoms with van der Waals surface area (Å²) in [4.78, 5) is 23.4. The molecule has 3 N–H and O–H groups in total. The highest BCUT2D eigenvalue weighted by atomic mass is 19.1. The van der Waals surface area contributed by atoms with Gasteiger partial charge in [-0.3, -0.25) is 9.59 Å². The van der Waals surface area contributed by atoms with Crippen LogP contribution in [0.2, 0.25) is 0 Å². The molecule has 0 aliphatic heterocycles. The van der Waals surface area contributed by atoms with Gasteiger partial charge >= 0.3 is 0 Å². The van der Waals surface area contributed by atoms with E-state index in [0.29, 0.717) is 11.3 Å². The first-order valence-corrected chi connectivity index (χ1v) is 7.23. The third-order valence-electron chi connectivity index (χ3n) is 3.09. The second-order valence-electron chi connectivity index (χ2n) is 4.92. The maximum atomic E-state index is 12.8. The number of halogens is 1. The van der Waals surface area contributed by atoms with E-state index in [4.69, 9.17) is 4.74 Å². The van der Waals surface area contributed by atoms with Crippen LogP contribution in [0.15, 0.2) is 47.6 Å². The van der Waals surface area contributed by atoms with Crippen LogP contribution in [0.1, 0.15) is 12.0 Å². The van der Waals surface area contributed by atoms with Gasteiger partial charge in [-0.05, 0) is 36.4 Å². The van der Waals surface area contributed by atoms with E-state index in [1.807, 2.05) is 0 Å². The highest BCUT2D eigenvalue weighted by Gasteiger charge is 2.09. The van der Waals surface area contributed by atoms with Crippen molar-refractivity contribution >= 4 is 23.7 Å². The number of carbonyl (C=O) groups excluding carboxylic acids is 2. The predicted octanol–water partition coefficient (Wildman–Crippen LogP) is 2.02. The number of anilines is 1. The van der Waals surface area contributed by atoms with E-state index in [2.05, 4.69) is 15.8 Å². The van der Waals surface area contributed by atoms with Crippen LogP contribution in [0.3, 0.4) is 0 Å². The van der Waals surface area contributed by atoms with Crippen molar-refractivity contribution in [3.05, 3.63) is 53.8 Å². The standard InChI is InChI=1S/C17H16FN3O4/c1-25-14-4-2-3-11(17(14)24)10-19-21-16(23)9-15(22)20-13-7-5-12(18)6-8-13/h2-8,10,24H,9H2,1H3,(H,20,22)(H,21,23). The Hall–Kier alpha value is -3.42. The number of carbonyl (C=O) groups is 2. The fourth-order valence-corrected chi connectivity index (χ4v) is 1.91. The fourth-order valence-electron chi connectivity index (χ4n) is 1.91. The SMILES string of the molecule is COc1cccc(C=NNC(=O)CC(=O)Nc2ccc(F)cc2)c1O. The van der Waals surface area contributed by atoms with Gasteiger partial charge in [-0.25, -0.2) is 9.82 Å². The van der Waals surface area contributed by atoms with Crippen LogP contribution in [0.5, 0.6) is 11.5 Å². The van der Waals surface area contributed by atoms with Crippen molar-refractivity contribution in [3.8, 4) is 11.5 Å². The molecule has 2 amide bonds. The van der Waals surface area contributed by atoms with Gasteiger partial charge in [0, 0.05) is 11.3 Å². The number of hydrogen-bond acceptors (Lipinski definition) is 5. The summed E-state index contributed by atoms with van der Waals surface area (Å²) in [5.41, 5.74) is 2.90. The smallest absolute Gasteiger partial charge is 0.249 e. The molecular formula is C17H16FN3O4. The topological polar surface area (TPSA) is 100 Å². The van der Waals surface area contributed by atoms with Crippen LogP contribution in [0.4, 0.5) is 10.1 Å². The van der Waals surface area contributed by atoms with Gasteiger partial charge in [0.15, 0.2) is 11.5 Å². The molecule has 25 heavy (non-hydrogen) atoms. The Kier molecular flexibility index (Phi) is 6.05. The number of amides is 2. The third kappa shape index (κ3) is 5.31. The van der Waals surface area contributed by atoms with E-state index < -0.39 is 24.1 Å². The largest absolute Gasteiger partial charge is 0.504 e. The van der Waals surface area contributed by atoms with E-state index in [-0.39, 0.29) is 11.5 Å². The van der Waals surface area contributed by atoms with Gasteiger partial charge in [0.25, 0.3) is 0 Å². The van der Waals surface area contributed by atoms with Crippen LogP contribution in [-0.4, -0.2) is 30.2 Å². The van der Waals surface area contributed by atoms with Gasteiger partial charge in [-0.2, -0.15) is 5.10 Å². The van der Waals surface area contributed by atoms with Crippen molar-refractivity contribution in [1.29, 1.82) is 0 Å². The zero-order valence-corrected chi connectivity index (χ0v) is 13.3. The maximum absolute atomic E-state index is 12.8. The molecule has 7 nitrogen and oxygen atoms in total. The lowest BCUT2D eigenvalue weighted by Crippen LogP contribution is -2.24. The van der Waals surface area contributed by atoms with Crippen molar-refractivity contribution in [1.82, 2.24) is 5.43 Å². The Labute approximate surface area is 143 Å². The van der Waals surface area contributed by atoms with Crippen LogP contribution in [0.25, 0.3) is 0 Å². The lowest BCUT2D eigenvalue weighted by Gasteiger charge is -2.05. The number of phenols is 1. The fraction of sp³-hybridized carbons (Fsp3) is 0.118. The van der Waals surface area contributed by atoms with Crippen LogP contribution in [0, 0.1) is 5.82 Å². The van der Waals surface area contributed by atoms with E-state index in [0.717, 1.165) is 0 Å². The molecule has 0 bridgehead atoms. The minimum Gasteiger partial charge on any atom is -0.504 e. The second kappa shape index (κ2) is 8.44. The quantitative estimate of drug-likeness (QED) is 0.424. The molecule has 0 heterocycles. The van der Waals surface area contributed by atoms with Gasteiger partial charge in [-0.1, -0.05) is 6.07 Å². The molecule has 0 aliphatic carbocycles. The van der Waals surface area contributed by atoms with Crippen molar-refractivity contribution in [2.75, 3.05) is 12.4 Å². The van der Waals surface area contributed by atoms with E-state index in [1.165, 1.54) is 37.6 Å². The van der Waals surface area contributed by atoms with Gasteiger partial charge < -0.3 is 15.2 Å². The Bertz CT molecular complexity index is 791. The Morgan fingerprint density at radius 1 is 1.20 bits per heavy atom. The van der Waals surface area contributed by atoms with E-state index in [9.17, 15) is 19.1 Å². The average molecular weight is 345 g/mol. The number of hydrogen-bond donors (Lipinski definition) is 3. The number of aromatic hydroxyl groups is 1. The number of nitrogens with one attached hydrogen (secondary N) is 2. The molecule has 2 aromatic carbocycles. The molecule has 0 fully saturated rings. The Morgan fingerprint density at radius 3 is 2.60 bits per heavy atom. The summed E-state index contributed by atoms with van der Waals surface area (Å²) in [5, 5.41) is 16.0. The summed E-state index contributed by atoms with van der Waals surface area (Å²) >= 11 is 0. The molecule has 0 unspecified atom stereocenters. The van der Waals surface area contributed by atoms with Crippen molar-refractivity contribution in [2.45, 2.75) is 6.42 Å². The monoisotopic (exact) mass is 345 g/mol. The normalized spacial score (nSPS) is 10.5. The van der Waals surface area contributed by atoms with Crippen LogP contribution < -0.4 is 15.5 Å². The Balaban J connectivity index is 1.86. The molecule has 0 spiro atoms. The number of para-hydroxylation sites is 1. The summed E-state index contributed by atoms with van der Waals surface area (Å²) in [5.74, 6) is -1.47. The van der Waals surface area contributed by atoms with Gasteiger partial charge in [0.2, 0.25) is 11.8 Å². The van der Waals surface area contributed by atoms with Crippen molar-refractivity contribution in [2.24, 2.45) is 5.10 Å². The summed E-state index contributed by atoms with van der Waals surface area (Å²) in [6.07, 6.45) is 0.770. The zero-order chi connectivity index (χ0) is 18.2. The number of methoxy groups -OCH3 is 1. The average Bonchev–Trinajstić information content (AvgIpc) is 2.58. The molecule has 0 aromatic heterocycles. The first kappa shape index (κ1) is 17.9. The number of benzene rings is 2. The van der Waals surface area contributed by atoms with Crippen LogP contribution in [-0.2, 0) is 9.59 Å². The highest BCUT2D eigenvalue weighted by Crippen LogP contribution is 2.27. The first-order chi connectivity index (χ1) is 12.0. The highest BCUT2D eigenvalue weighted by molar-refractivity contribution is 6.03. The lowest BCUT2D eigenvalue weighted by atomic mass is 10.2. The number of nitrogens with zero attached hydrogens (tertiary/aromatic N) is 1. The van der Waals surface area contributed by atoms with Gasteiger partial charge in [-0.15, -0.1) is 0 Å². The number of ether oxygens (including phenoxy) is 1. The molecule has 0 radical (unpaired) electrons. The lowest BCUT2D eigenvalue weighted by molar-refractivity contribution is -0.126. The predicted molar refractivity (Wildman–Crippen MR) is 90.0 cm³/mol. The minimum atomic E-state index is -0.641. The first-order valence-electron chi connectivity index (χ1n) is 7.23. The van der Waals surface area contributed by atoms with E-state index >= 15 is 0 Å². The summed E-state index contributed by atoms with van der Waals surface area (Å²) in [6, 6.07) is 9.96. The van der Waals surface area contributed by atoms with Crippen molar-refractivity contribution < 1.29 is 23.8 Å². The molecule has 0 atom stereocenters. The molecule has 0 saturated heterocycles. The van der Waals surface area contributed by atoms with Crippen LogP contribution >= 0.6 is 0 Å². The maximum Gasteiger partial charge on any atom is 0.249 e. The second-order valence-corrected chi connectivity index (χ2v) is 4.92. The minimum absolute atomic E-state index is 0.114. The molecule has 2 aromatic rings. The molecule has 8 heteroatoms. The molecule has 130 valence electrons. The van der Waals surface area contributed by atoms with E-state index in [1.54, 1.807) is 18.2 Å². The summed E-state index contributed by atoms with van der Waals surface area (Å²) in [6.45, 7) is 0. The number of hydrazone groups is 1. The molecule has 0 saturated carbocycles.